The van der Waals surface area contributed by atoms with Crippen molar-refractivity contribution in [2.75, 3.05) is 32.8 Å². The zero-order chi connectivity index (χ0) is 19.6. The summed E-state index contributed by atoms with van der Waals surface area (Å²) in [5.74, 6) is 0.405. The Labute approximate surface area is 158 Å². The van der Waals surface area contributed by atoms with Gasteiger partial charge in [-0.05, 0) is 31.7 Å². The van der Waals surface area contributed by atoms with Crippen LogP contribution in [0.25, 0.3) is 0 Å². The molecule has 0 radical (unpaired) electrons. The van der Waals surface area contributed by atoms with Crippen LogP contribution in [0.5, 0.6) is 0 Å². The Kier molecular flexibility index (Phi) is 5.78. The molecule has 0 spiro atoms. The minimum Gasteiger partial charge on any atom is -0.368 e. The molecule has 9 nitrogen and oxygen atoms in total. The van der Waals surface area contributed by atoms with E-state index in [1.165, 1.54) is 28.6 Å². The average Bonchev–Trinajstić information content (AvgIpc) is 3.50. The minimum atomic E-state index is -4.00. The Bertz CT molecular complexity index is 816. The first-order chi connectivity index (χ1) is 12.8. The number of ether oxygens (including phenoxy) is 1. The number of piperazine rings is 1. The van der Waals surface area contributed by atoms with Crippen molar-refractivity contribution >= 4 is 21.6 Å². The lowest BCUT2D eigenvalue weighted by Gasteiger charge is -2.35. The summed E-state index contributed by atoms with van der Waals surface area (Å²) in [7, 11) is -4.00. The van der Waals surface area contributed by atoms with Gasteiger partial charge in [0, 0.05) is 32.2 Å². The normalized spacial score (nSPS) is 19.7. The summed E-state index contributed by atoms with van der Waals surface area (Å²) in [6, 6.07) is 5.29. The molecule has 1 aromatic rings. The monoisotopic (exact) mass is 397 g/mol. The molecule has 1 saturated heterocycles. The molecule has 1 atom stereocenters. The summed E-state index contributed by atoms with van der Waals surface area (Å²) in [6.07, 6.45) is 1.73. The second-order valence-corrected chi connectivity index (χ2v) is 8.78. The smallest absolute Gasteiger partial charge is 0.289 e. The number of nitro benzene ring substituents is 1. The lowest BCUT2D eigenvalue weighted by molar-refractivity contribution is -0.387. The van der Waals surface area contributed by atoms with Crippen molar-refractivity contribution in [3.05, 3.63) is 34.4 Å². The van der Waals surface area contributed by atoms with Crippen molar-refractivity contribution in [3.8, 4) is 0 Å². The SMILES string of the molecule is CC(OCC1CC1)C(=O)N1CCN(S(=O)(=O)c2ccccc2[N+](=O)[O-])CC1. The fraction of sp³-hybridized carbons (Fsp3) is 0.588. The molecule has 3 rings (SSSR count). The van der Waals surface area contributed by atoms with Crippen LogP contribution in [-0.2, 0) is 19.6 Å². The lowest BCUT2D eigenvalue weighted by Crippen LogP contribution is -2.52. The zero-order valence-electron chi connectivity index (χ0n) is 15.1. The van der Waals surface area contributed by atoms with Gasteiger partial charge in [-0.3, -0.25) is 14.9 Å². The molecule has 148 valence electrons. The Morgan fingerprint density at radius 1 is 1.26 bits per heavy atom. The van der Waals surface area contributed by atoms with Gasteiger partial charge < -0.3 is 9.64 Å². The summed E-state index contributed by atoms with van der Waals surface area (Å²) in [6.45, 7) is 2.94. The Morgan fingerprint density at radius 2 is 1.89 bits per heavy atom. The Morgan fingerprint density at radius 3 is 2.48 bits per heavy atom. The van der Waals surface area contributed by atoms with Crippen LogP contribution < -0.4 is 0 Å². The number of hydrogen-bond donors (Lipinski definition) is 0. The average molecular weight is 397 g/mol. The lowest BCUT2D eigenvalue weighted by atomic mass is 10.3. The van der Waals surface area contributed by atoms with Crippen LogP contribution in [0, 0.1) is 16.0 Å². The number of rotatable bonds is 7. The fourth-order valence-corrected chi connectivity index (χ4v) is 4.59. The van der Waals surface area contributed by atoms with Crippen molar-refractivity contribution in [1.29, 1.82) is 0 Å². The molecular formula is C17H23N3O6S. The summed E-state index contributed by atoms with van der Waals surface area (Å²) in [5.41, 5.74) is -0.446. The van der Waals surface area contributed by atoms with Crippen LogP contribution >= 0.6 is 0 Å². The van der Waals surface area contributed by atoms with E-state index in [-0.39, 0.29) is 37.0 Å². The van der Waals surface area contributed by atoms with Crippen molar-refractivity contribution in [3.63, 3.8) is 0 Å². The van der Waals surface area contributed by atoms with E-state index in [0.29, 0.717) is 12.5 Å². The second kappa shape index (κ2) is 7.91. The van der Waals surface area contributed by atoms with Crippen LogP contribution in [0.1, 0.15) is 19.8 Å². The molecule has 1 saturated carbocycles. The summed E-state index contributed by atoms with van der Waals surface area (Å²) in [5, 5.41) is 11.1. The fourth-order valence-electron chi connectivity index (χ4n) is 3.01. The third-order valence-electron chi connectivity index (χ3n) is 4.86. The van der Waals surface area contributed by atoms with Crippen molar-refractivity contribution in [1.82, 2.24) is 9.21 Å². The van der Waals surface area contributed by atoms with Gasteiger partial charge in [0.05, 0.1) is 11.5 Å². The van der Waals surface area contributed by atoms with E-state index >= 15 is 0 Å². The highest BCUT2D eigenvalue weighted by Crippen LogP contribution is 2.29. The zero-order valence-corrected chi connectivity index (χ0v) is 15.9. The number of sulfonamides is 1. The maximum absolute atomic E-state index is 12.8. The number of benzene rings is 1. The first-order valence-electron chi connectivity index (χ1n) is 8.94. The number of carbonyl (C=O) groups is 1. The van der Waals surface area contributed by atoms with E-state index in [4.69, 9.17) is 4.74 Å². The van der Waals surface area contributed by atoms with Gasteiger partial charge in [-0.25, -0.2) is 8.42 Å². The van der Waals surface area contributed by atoms with Gasteiger partial charge in [0.2, 0.25) is 10.0 Å². The van der Waals surface area contributed by atoms with Crippen molar-refractivity contribution in [2.24, 2.45) is 5.92 Å². The van der Waals surface area contributed by atoms with E-state index in [1.807, 2.05) is 0 Å². The molecule has 1 amide bonds. The summed E-state index contributed by atoms with van der Waals surface area (Å²) in [4.78, 5) is 24.1. The van der Waals surface area contributed by atoms with Gasteiger partial charge in [0.15, 0.2) is 4.90 Å². The summed E-state index contributed by atoms with van der Waals surface area (Å²) >= 11 is 0. The number of nitro groups is 1. The molecule has 27 heavy (non-hydrogen) atoms. The number of nitrogens with zero attached hydrogens (tertiary/aromatic N) is 3. The minimum absolute atomic E-state index is 0.0927. The van der Waals surface area contributed by atoms with Crippen LogP contribution in [0.4, 0.5) is 5.69 Å². The highest BCUT2D eigenvalue weighted by atomic mass is 32.2. The van der Waals surface area contributed by atoms with Gasteiger partial charge in [-0.2, -0.15) is 4.31 Å². The van der Waals surface area contributed by atoms with Crippen LogP contribution in [-0.4, -0.2) is 67.3 Å². The van der Waals surface area contributed by atoms with Gasteiger partial charge in [0.1, 0.15) is 6.10 Å². The predicted octanol–water partition coefficient (Wildman–Crippen LogP) is 1.24. The molecule has 0 bridgehead atoms. The molecule has 1 aliphatic heterocycles. The second-order valence-electron chi connectivity index (χ2n) is 6.87. The van der Waals surface area contributed by atoms with Gasteiger partial charge >= 0.3 is 0 Å². The number of para-hydroxylation sites is 1. The quantitative estimate of drug-likeness (QED) is 0.506. The van der Waals surface area contributed by atoms with Crippen LogP contribution in [0.15, 0.2) is 29.2 Å². The molecule has 1 aliphatic carbocycles. The molecule has 10 heteroatoms. The summed E-state index contributed by atoms with van der Waals surface area (Å²) < 4.78 is 32.4. The maximum atomic E-state index is 12.8. The molecule has 1 aromatic carbocycles. The molecule has 1 heterocycles. The molecule has 1 unspecified atom stereocenters. The first-order valence-corrected chi connectivity index (χ1v) is 10.4. The topological polar surface area (TPSA) is 110 Å². The van der Waals surface area contributed by atoms with Gasteiger partial charge in [0.25, 0.3) is 11.6 Å². The Hall–Kier alpha value is -2.04. The van der Waals surface area contributed by atoms with E-state index in [9.17, 15) is 23.3 Å². The standard InChI is InChI=1S/C17H23N3O6S/c1-13(26-12-14-6-7-14)17(21)18-8-10-19(11-9-18)27(24,25)16-5-3-2-4-15(16)20(22)23/h2-5,13-14H,6-12H2,1H3. The molecule has 2 fully saturated rings. The van der Waals surface area contributed by atoms with Gasteiger partial charge in [-0.1, -0.05) is 12.1 Å². The first kappa shape index (κ1) is 19.7. The number of amides is 1. The van der Waals surface area contributed by atoms with Crippen molar-refractivity contribution in [2.45, 2.75) is 30.8 Å². The molecule has 0 aromatic heterocycles. The molecule has 2 aliphatic rings. The number of hydrogen-bond acceptors (Lipinski definition) is 6. The van der Waals surface area contributed by atoms with Crippen molar-refractivity contribution < 1.29 is 22.9 Å². The predicted molar refractivity (Wildman–Crippen MR) is 96.6 cm³/mol. The van der Waals surface area contributed by atoms with Crippen LogP contribution in [0.3, 0.4) is 0 Å². The van der Waals surface area contributed by atoms with Crippen LogP contribution in [0.2, 0.25) is 0 Å². The highest BCUT2D eigenvalue weighted by molar-refractivity contribution is 7.89. The van der Waals surface area contributed by atoms with Gasteiger partial charge in [-0.15, -0.1) is 0 Å². The third-order valence-corrected chi connectivity index (χ3v) is 6.80. The highest BCUT2D eigenvalue weighted by Gasteiger charge is 2.35. The molecular weight excluding hydrogens is 374 g/mol. The van der Waals surface area contributed by atoms with E-state index < -0.39 is 26.7 Å². The Balaban J connectivity index is 1.62. The number of carbonyl (C=O) groups excluding carboxylic acids is 1. The largest absolute Gasteiger partial charge is 0.368 e. The maximum Gasteiger partial charge on any atom is 0.289 e. The van der Waals surface area contributed by atoms with E-state index in [1.54, 1.807) is 11.8 Å². The molecule has 0 N–H and O–H groups in total. The van der Waals surface area contributed by atoms with E-state index in [2.05, 4.69) is 0 Å². The van der Waals surface area contributed by atoms with E-state index in [0.717, 1.165) is 12.8 Å². The third kappa shape index (κ3) is 4.45.